The van der Waals surface area contributed by atoms with Crippen LogP contribution in [0.15, 0.2) is 70.5 Å². The molecule has 0 radical (unpaired) electrons. The van der Waals surface area contributed by atoms with Crippen LogP contribution in [0.2, 0.25) is 0 Å². The van der Waals surface area contributed by atoms with Gasteiger partial charge in [-0.25, -0.2) is 0 Å². The zero-order valence-electron chi connectivity index (χ0n) is 11.4. The molecule has 0 aliphatic rings. The van der Waals surface area contributed by atoms with Crippen LogP contribution in [-0.4, -0.2) is 0 Å². The van der Waals surface area contributed by atoms with Gasteiger partial charge in [-0.1, -0.05) is 55.8 Å². The summed E-state index contributed by atoms with van der Waals surface area (Å²) in [5.74, 6) is 0. The summed E-state index contributed by atoms with van der Waals surface area (Å²) in [4.78, 5) is -3.27. The quantitative estimate of drug-likeness (QED) is 0.422. The molecule has 0 aliphatic carbocycles. The van der Waals surface area contributed by atoms with E-state index in [2.05, 4.69) is 10.7 Å². The van der Waals surface area contributed by atoms with Crippen LogP contribution in [0.4, 0.5) is 35.0 Å². The van der Waals surface area contributed by atoms with Gasteiger partial charge in [0.1, 0.15) is 4.90 Å². The first-order chi connectivity index (χ1) is 10.2. The molecule has 0 spiro atoms. The SMILES string of the molecule is FS(F)(F)(F)(Cl)c1ccccc1.FS(F)(F)(F)(F)c1ccccc1. The Hall–Kier alpha value is -1.20. The average molecular weight is 425 g/mol. The second-order valence-corrected chi connectivity index (χ2v) is 11.2. The molecule has 0 atom stereocenters. The van der Waals surface area contributed by atoms with Crippen LogP contribution in [0.5, 0.6) is 0 Å². The predicted molar refractivity (Wildman–Crippen MR) is 80.4 cm³/mol. The molecule has 24 heavy (non-hydrogen) atoms. The van der Waals surface area contributed by atoms with Gasteiger partial charge in [-0.2, -0.15) is 0 Å². The molecule has 12 heteroatoms. The molecule has 0 aromatic heterocycles. The van der Waals surface area contributed by atoms with Crippen LogP contribution in [0, 0.1) is 0 Å². The Morgan fingerprint density at radius 1 is 0.500 bits per heavy atom. The highest BCUT2D eigenvalue weighted by atomic mass is 35.7. The summed E-state index contributed by atoms with van der Waals surface area (Å²) >= 11 is 0. The Labute approximate surface area is 135 Å². The van der Waals surface area contributed by atoms with Crippen molar-refractivity contribution in [3.05, 3.63) is 60.7 Å². The van der Waals surface area contributed by atoms with E-state index in [0.717, 1.165) is 24.3 Å². The molecule has 0 aliphatic heterocycles. The minimum atomic E-state index is -9.43. The van der Waals surface area contributed by atoms with Gasteiger partial charge < -0.3 is 0 Å². The Balaban J connectivity index is 0.000000240. The number of hydrogen-bond donors (Lipinski definition) is 0. The van der Waals surface area contributed by atoms with Gasteiger partial charge in [-0.05, 0) is 24.3 Å². The normalized spacial score (nSPS) is 18.1. The zero-order valence-corrected chi connectivity index (χ0v) is 13.8. The second-order valence-electron chi connectivity index (χ2n) is 4.56. The Morgan fingerprint density at radius 3 is 0.958 bits per heavy atom. The van der Waals surface area contributed by atoms with Gasteiger partial charge in [0.25, 0.3) is 9.05 Å². The molecule has 140 valence electrons. The fourth-order valence-electron chi connectivity index (χ4n) is 1.36. The molecule has 0 nitrogen and oxygen atoms in total. The summed E-state index contributed by atoms with van der Waals surface area (Å²) in [6.07, 6.45) is 0. The molecule has 0 unspecified atom stereocenters. The molecule has 2 aromatic rings. The lowest BCUT2D eigenvalue weighted by Gasteiger charge is -2.42. The van der Waals surface area contributed by atoms with Gasteiger partial charge in [0, 0.05) is 10.7 Å². The first kappa shape index (κ1) is 20.8. The Bertz CT molecular complexity index is 642. The summed E-state index contributed by atoms with van der Waals surface area (Å²) < 4.78 is 109. The van der Waals surface area contributed by atoms with Crippen LogP contribution in [0.25, 0.3) is 0 Å². The van der Waals surface area contributed by atoms with E-state index in [9.17, 15) is 35.0 Å². The van der Waals surface area contributed by atoms with Crippen molar-refractivity contribution < 1.29 is 35.0 Å². The lowest BCUT2D eigenvalue weighted by atomic mass is 10.4. The van der Waals surface area contributed by atoms with Crippen LogP contribution < -0.4 is 0 Å². The monoisotopic (exact) mass is 424 g/mol. The van der Waals surface area contributed by atoms with E-state index >= 15 is 0 Å². The first-order valence-electron chi connectivity index (χ1n) is 5.77. The van der Waals surface area contributed by atoms with Crippen molar-refractivity contribution in [2.45, 2.75) is 9.79 Å². The van der Waals surface area contributed by atoms with Crippen LogP contribution >= 0.6 is 30.0 Å². The van der Waals surface area contributed by atoms with E-state index < -0.39 is 29.1 Å². The molecule has 0 heterocycles. The largest absolute Gasteiger partial charge is 0.310 e. The average Bonchev–Trinajstić information content (AvgIpc) is 2.37. The van der Waals surface area contributed by atoms with Crippen molar-refractivity contribution in [1.29, 1.82) is 0 Å². The predicted octanol–water partition coefficient (Wildman–Crippen LogP) is 8.96. The molecule has 0 bridgehead atoms. The summed E-state index contributed by atoms with van der Waals surface area (Å²) in [5.41, 5.74) is 0. The van der Waals surface area contributed by atoms with Crippen molar-refractivity contribution in [2.75, 3.05) is 0 Å². The summed E-state index contributed by atoms with van der Waals surface area (Å²) in [6.45, 7) is 0. The molecular weight excluding hydrogens is 415 g/mol. The Kier molecular flexibility index (Phi) is 4.08. The molecule has 0 N–H and O–H groups in total. The molecule has 2 aromatic carbocycles. The second kappa shape index (κ2) is 4.70. The van der Waals surface area contributed by atoms with Crippen molar-refractivity contribution in [2.24, 2.45) is 0 Å². The van der Waals surface area contributed by atoms with Gasteiger partial charge in [-0.15, -0.1) is 15.5 Å². The zero-order chi connectivity index (χ0) is 19.0. The number of halogens is 10. The minimum absolute atomic E-state index is 0.363. The molecular formula is C12H10ClF9S2. The van der Waals surface area contributed by atoms with Gasteiger partial charge in [0.15, 0.2) is 0 Å². The van der Waals surface area contributed by atoms with Crippen molar-refractivity contribution >= 4 is 30.0 Å². The van der Waals surface area contributed by atoms with Gasteiger partial charge in [0.05, 0.1) is 4.90 Å². The summed E-state index contributed by atoms with van der Waals surface area (Å²) in [7, 11) is -13.9. The maximum Gasteiger partial charge on any atom is 0.310 e. The highest BCUT2D eigenvalue weighted by Gasteiger charge is 2.65. The fourth-order valence-corrected chi connectivity index (χ4v) is 3.01. The number of rotatable bonds is 2. The maximum atomic E-state index is 12.4. The Morgan fingerprint density at radius 2 is 0.792 bits per heavy atom. The van der Waals surface area contributed by atoms with Crippen molar-refractivity contribution in [3.8, 4) is 0 Å². The number of benzene rings is 2. The van der Waals surface area contributed by atoms with Crippen LogP contribution in [-0.2, 0) is 0 Å². The lowest BCUT2D eigenvalue weighted by Crippen LogP contribution is -2.05. The maximum absolute atomic E-state index is 12.4. The van der Waals surface area contributed by atoms with Gasteiger partial charge >= 0.3 is 10.2 Å². The van der Waals surface area contributed by atoms with Crippen LogP contribution in [0.3, 0.4) is 0 Å². The van der Waals surface area contributed by atoms with Gasteiger partial charge in [0.2, 0.25) is 0 Å². The topological polar surface area (TPSA) is 0 Å². The molecule has 0 amide bonds. The van der Waals surface area contributed by atoms with Crippen LogP contribution in [0.1, 0.15) is 0 Å². The first-order valence-corrected chi connectivity index (χ1v) is 10.6. The van der Waals surface area contributed by atoms with E-state index in [1.165, 1.54) is 12.1 Å². The minimum Gasteiger partial charge on any atom is -0.107 e. The standard InChI is InChI=1S/C6H5ClF4S.C6H5F5S/c2*7-12(8,9,10,11)6-4-2-1-3-5-6/h2*1-5H. The smallest absolute Gasteiger partial charge is 0.107 e. The number of hydrogen-bond acceptors (Lipinski definition) is 0. The third-order valence-electron chi connectivity index (χ3n) is 2.38. The summed E-state index contributed by atoms with van der Waals surface area (Å²) in [5, 5.41) is 0. The van der Waals surface area contributed by atoms with E-state index in [0.29, 0.717) is 24.3 Å². The van der Waals surface area contributed by atoms with Crippen molar-refractivity contribution in [3.63, 3.8) is 0 Å². The molecule has 0 fully saturated rings. The summed E-state index contributed by atoms with van der Waals surface area (Å²) in [6, 6.07) is 8.54. The van der Waals surface area contributed by atoms with E-state index in [-0.39, 0.29) is 0 Å². The highest BCUT2D eigenvalue weighted by molar-refractivity contribution is 8.65. The van der Waals surface area contributed by atoms with E-state index in [4.69, 9.17) is 0 Å². The molecule has 0 saturated carbocycles. The highest BCUT2D eigenvalue weighted by Crippen LogP contribution is 3.04. The van der Waals surface area contributed by atoms with Crippen molar-refractivity contribution in [1.82, 2.24) is 0 Å². The lowest BCUT2D eigenvalue weighted by molar-refractivity contribution is 0.364. The fraction of sp³-hybridized carbons (Fsp3) is 0. The third kappa shape index (κ3) is 6.73. The van der Waals surface area contributed by atoms with Gasteiger partial charge in [-0.3, -0.25) is 0 Å². The third-order valence-corrected chi connectivity index (χ3v) is 5.24. The van der Waals surface area contributed by atoms with E-state index in [1.54, 1.807) is 0 Å². The molecule has 0 saturated heterocycles. The van der Waals surface area contributed by atoms with E-state index in [1.807, 2.05) is 0 Å². The molecule has 2 rings (SSSR count).